The van der Waals surface area contributed by atoms with Crippen LogP contribution in [0, 0.1) is 34.5 Å². The standard InChI is InChI=1S/C25H37NO5/c1-15(27)30-14-25-13-11-22(29)26-23(3,4)20(25)8-6-17-18-7-9-21(31-16(2)28)24(18,5)12-10-19(17)25/h11,13,17-21H,6-10,12,14H2,1-5H3,(H,26,29). The van der Waals surface area contributed by atoms with Crippen LogP contribution in [0.15, 0.2) is 12.2 Å². The number of esters is 2. The summed E-state index contributed by atoms with van der Waals surface area (Å²) >= 11 is 0. The summed E-state index contributed by atoms with van der Waals surface area (Å²) in [7, 11) is 0. The lowest BCUT2D eigenvalue weighted by Gasteiger charge is -2.60. The fourth-order valence-electron chi connectivity index (χ4n) is 8.02. The topological polar surface area (TPSA) is 81.7 Å². The maximum Gasteiger partial charge on any atom is 0.302 e. The fraction of sp³-hybridized carbons (Fsp3) is 0.800. The van der Waals surface area contributed by atoms with Crippen molar-refractivity contribution in [1.82, 2.24) is 5.32 Å². The van der Waals surface area contributed by atoms with Gasteiger partial charge in [0.1, 0.15) is 12.7 Å². The second-order valence-corrected chi connectivity index (χ2v) is 11.2. The molecule has 0 aromatic carbocycles. The lowest BCUT2D eigenvalue weighted by atomic mass is 9.45. The van der Waals surface area contributed by atoms with Gasteiger partial charge in [0.15, 0.2) is 0 Å². The Balaban J connectivity index is 1.72. The van der Waals surface area contributed by atoms with Crippen molar-refractivity contribution in [3.63, 3.8) is 0 Å². The van der Waals surface area contributed by atoms with Crippen molar-refractivity contribution < 1.29 is 23.9 Å². The number of carbonyl (C=O) groups excluding carboxylic acids is 3. The minimum atomic E-state index is -0.387. The first-order valence-electron chi connectivity index (χ1n) is 11.8. The zero-order valence-corrected chi connectivity index (χ0v) is 19.5. The molecule has 7 atom stereocenters. The van der Waals surface area contributed by atoms with E-state index in [0.29, 0.717) is 24.4 Å². The molecule has 0 bridgehead atoms. The van der Waals surface area contributed by atoms with Gasteiger partial charge in [0, 0.05) is 30.2 Å². The highest BCUT2D eigenvalue weighted by atomic mass is 16.5. The van der Waals surface area contributed by atoms with E-state index in [4.69, 9.17) is 9.47 Å². The molecule has 1 N–H and O–H groups in total. The quantitative estimate of drug-likeness (QED) is 0.688. The third-order valence-corrected chi connectivity index (χ3v) is 9.17. The number of carbonyl (C=O) groups is 3. The maximum atomic E-state index is 12.5. The summed E-state index contributed by atoms with van der Waals surface area (Å²) in [4.78, 5) is 36.0. The number of ether oxygens (including phenoxy) is 2. The maximum absolute atomic E-state index is 12.5. The normalized spacial score (nSPS) is 43.0. The summed E-state index contributed by atoms with van der Waals surface area (Å²) in [6.45, 7) is 9.79. The number of rotatable bonds is 3. The van der Waals surface area contributed by atoms with Gasteiger partial charge in [0.05, 0.1) is 0 Å². The van der Waals surface area contributed by atoms with Crippen molar-refractivity contribution >= 4 is 17.8 Å². The molecule has 0 radical (unpaired) electrons. The van der Waals surface area contributed by atoms with Crippen LogP contribution in [-0.2, 0) is 23.9 Å². The summed E-state index contributed by atoms with van der Waals surface area (Å²) in [5, 5.41) is 3.18. The van der Waals surface area contributed by atoms with Gasteiger partial charge in [-0.05, 0) is 82.1 Å². The Morgan fingerprint density at radius 2 is 1.77 bits per heavy atom. The molecule has 7 unspecified atom stereocenters. The average Bonchev–Trinajstić information content (AvgIpc) is 2.94. The Bertz CT molecular complexity index is 804. The van der Waals surface area contributed by atoms with E-state index in [9.17, 15) is 14.4 Å². The van der Waals surface area contributed by atoms with Crippen LogP contribution >= 0.6 is 0 Å². The molecule has 0 saturated heterocycles. The zero-order chi connectivity index (χ0) is 22.6. The van der Waals surface area contributed by atoms with E-state index < -0.39 is 0 Å². The second kappa shape index (κ2) is 7.63. The molecular formula is C25H37NO5. The smallest absolute Gasteiger partial charge is 0.302 e. The molecule has 31 heavy (non-hydrogen) atoms. The van der Waals surface area contributed by atoms with Gasteiger partial charge in [-0.2, -0.15) is 0 Å². The van der Waals surface area contributed by atoms with Gasteiger partial charge < -0.3 is 14.8 Å². The van der Waals surface area contributed by atoms with E-state index in [1.165, 1.54) is 13.8 Å². The molecule has 4 rings (SSSR count). The molecule has 1 heterocycles. The van der Waals surface area contributed by atoms with Crippen molar-refractivity contribution in [3.8, 4) is 0 Å². The molecule has 4 aliphatic rings. The van der Waals surface area contributed by atoms with Gasteiger partial charge >= 0.3 is 11.9 Å². The fourth-order valence-corrected chi connectivity index (χ4v) is 8.02. The largest absolute Gasteiger partial charge is 0.465 e. The average molecular weight is 432 g/mol. The number of nitrogens with one attached hydrogen (secondary N) is 1. The van der Waals surface area contributed by atoms with Gasteiger partial charge in [-0.15, -0.1) is 0 Å². The van der Waals surface area contributed by atoms with Crippen molar-refractivity contribution in [3.05, 3.63) is 12.2 Å². The van der Waals surface area contributed by atoms with Gasteiger partial charge in [0.25, 0.3) is 0 Å². The van der Waals surface area contributed by atoms with Crippen LogP contribution in [0.5, 0.6) is 0 Å². The Morgan fingerprint density at radius 1 is 1.03 bits per heavy atom. The Hall–Kier alpha value is -1.85. The molecule has 3 saturated carbocycles. The molecule has 0 aromatic heterocycles. The highest BCUT2D eigenvalue weighted by Gasteiger charge is 2.63. The summed E-state index contributed by atoms with van der Waals surface area (Å²) < 4.78 is 11.5. The van der Waals surface area contributed by atoms with Crippen molar-refractivity contribution in [1.29, 1.82) is 0 Å². The van der Waals surface area contributed by atoms with Crippen LogP contribution < -0.4 is 5.32 Å². The monoisotopic (exact) mass is 431 g/mol. The van der Waals surface area contributed by atoms with Crippen LogP contribution in [-0.4, -0.2) is 36.1 Å². The van der Waals surface area contributed by atoms with Crippen LogP contribution in [0.2, 0.25) is 0 Å². The third-order valence-electron chi connectivity index (χ3n) is 9.17. The van der Waals surface area contributed by atoms with Gasteiger partial charge in [-0.1, -0.05) is 13.0 Å². The summed E-state index contributed by atoms with van der Waals surface area (Å²) in [6, 6.07) is 0. The first-order valence-corrected chi connectivity index (χ1v) is 11.8. The highest BCUT2D eigenvalue weighted by molar-refractivity contribution is 5.88. The summed E-state index contributed by atoms with van der Waals surface area (Å²) in [5.41, 5.74) is -0.749. The van der Waals surface area contributed by atoms with Crippen LogP contribution in [0.1, 0.15) is 73.1 Å². The molecule has 0 aromatic rings. The molecule has 3 aliphatic carbocycles. The van der Waals surface area contributed by atoms with E-state index >= 15 is 0 Å². The lowest BCUT2D eigenvalue weighted by Crippen LogP contribution is -2.61. The minimum Gasteiger partial charge on any atom is -0.465 e. The lowest BCUT2D eigenvalue weighted by molar-refractivity contribution is -0.166. The predicted octanol–water partition coefficient (Wildman–Crippen LogP) is 3.78. The van der Waals surface area contributed by atoms with E-state index in [0.717, 1.165) is 38.5 Å². The number of fused-ring (bicyclic) bond motifs is 5. The molecule has 1 aliphatic heterocycles. The molecule has 6 heteroatoms. The zero-order valence-electron chi connectivity index (χ0n) is 19.5. The summed E-state index contributed by atoms with van der Waals surface area (Å²) in [6.07, 6.45) is 9.76. The van der Waals surface area contributed by atoms with E-state index in [2.05, 4.69) is 32.2 Å². The number of amides is 1. The van der Waals surface area contributed by atoms with Gasteiger partial charge in [-0.25, -0.2) is 0 Å². The molecular weight excluding hydrogens is 394 g/mol. The Kier molecular flexibility index (Phi) is 5.50. The predicted molar refractivity (Wildman–Crippen MR) is 116 cm³/mol. The van der Waals surface area contributed by atoms with E-state index in [1.807, 2.05) is 0 Å². The van der Waals surface area contributed by atoms with Crippen molar-refractivity contribution in [2.45, 2.75) is 84.8 Å². The Morgan fingerprint density at radius 3 is 2.45 bits per heavy atom. The van der Waals surface area contributed by atoms with E-state index in [1.54, 1.807) is 6.08 Å². The van der Waals surface area contributed by atoms with E-state index in [-0.39, 0.29) is 46.2 Å². The molecule has 172 valence electrons. The minimum absolute atomic E-state index is 0.000325. The Labute approximate surface area is 185 Å². The third kappa shape index (κ3) is 3.60. The number of hydrogen-bond donors (Lipinski definition) is 1. The van der Waals surface area contributed by atoms with Crippen molar-refractivity contribution in [2.75, 3.05) is 6.61 Å². The first-order chi connectivity index (χ1) is 14.5. The van der Waals surface area contributed by atoms with Crippen molar-refractivity contribution in [2.24, 2.45) is 34.5 Å². The van der Waals surface area contributed by atoms with Gasteiger partial charge in [0.2, 0.25) is 5.91 Å². The molecule has 0 spiro atoms. The van der Waals surface area contributed by atoms with Crippen LogP contribution in [0.25, 0.3) is 0 Å². The molecule has 3 fully saturated rings. The van der Waals surface area contributed by atoms with Crippen LogP contribution in [0.3, 0.4) is 0 Å². The summed E-state index contributed by atoms with van der Waals surface area (Å²) in [5.74, 6) is 0.938. The molecule has 1 amide bonds. The number of hydrogen-bond acceptors (Lipinski definition) is 5. The SMILES string of the molecule is CC(=O)OCC12C=CC(=O)NC(C)(C)C1CCC1C3CCC(OC(C)=O)C3(C)CCC12. The first kappa shape index (κ1) is 22.3. The highest BCUT2D eigenvalue weighted by Crippen LogP contribution is 2.66. The van der Waals surface area contributed by atoms with Crippen LogP contribution in [0.4, 0.5) is 0 Å². The molecule has 6 nitrogen and oxygen atoms in total. The second-order valence-electron chi connectivity index (χ2n) is 11.2. The van der Waals surface area contributed by atoms with Gasteiger partial charge in [-0.3, -0.25) is 14.4 Å².